The summed E-state index contributed by atoms with van der Waals surface area (Å²) in [6, 6.07) is 2.85. The maximum Gasteiger partial charge on any atom is 0.270 e. The predicted molar refractivity (Wildman–Crippen MR) is 101 cm³/mol. The Labute approximate surface area is 160 Å². The molecule has 6 nitrogen and oxygen atoms in total. The summed E-state index contributed by atoms with van der Waals surface area (Å²) in [6.45, 7) is 5.36. The first kappa shape index (κ1) is 20.9. The molecule has 1 aromatic heterocycles. The molecule has 0 aliphatic rings. The van der Waals surface area contributed by atoms with Crippen molar-refractivity contribution >= 4 is 28.3 Å². The van der Waals surface area contributed by atoms with Gasteiger partial charge in [-0.1, -0.05) is 13.8 Å². The minimum absolute atomic E-state index is 0.0412. The average molecular weight is 396 g/mol. The number of nitrogens with one attached hydrogen (secondary N) is 2. The van der Waals surface area contributed by atoms with Crippen LogP contribution in [0.5, 0.6) is 0 Å². The highest BCUT2D eigenvalue weighted by molar-refractivity contribution is 7.14. The smallest absolute Gasteiger partial charge is 0.270 e. The van der Waals surface area contributed by atoms with Crippen molar-refractivity contribution in [2.24, 2.45) is 5.41 Å². The standard InChI is InChI=1S/C18H22F2N4O2S/c1-18(2,10-24(3)4)9-21-16(26)14-8-27-17(22-14)23-15(25)11-5-6-12(19)13(20)7-11/h5-8H,9-10H2,1-4H3,(H,21,26)(H,22,23,25). The Morgan fingerprint density at radius 1 is 1.19 bits per heavy atom. The fourth-order valence-corrected chi connectivity index (χ4v) is 3.25. The predicted octanol–water partition coefficient (Wildman–Crippen LogP) is 2.99. The van der Waals surface area contributed by atoms with E-state index in [1.54, 1.807) is 0 Å². The minimum Gasteiger partial charge on any atom is -0.350 e. The number of thiazole rings is 1. The van der Waals surface area contributed by atoms with Crippen molar-refractivity contribution in [3.05, 3.63) is 46.5 Å². The van der Waals surface area contributed by atoms with Crippen molar-refractivity contribution in [2.75, 3.05) is 32.5 Å². The number of rotatable bonds is 7. The van der Waals surface area contributed by atoms with Gasteiger partial charge in [-0.3, -0.25) is 14.9 Å². The molecule has 0 fully saturated rings. The number of carbonyl (C=O) groups excluding carboxylic acids is 2. The number of anilines is 1. The molecule has 0 aliphatic carbocycles. The Morgan fingerprint density at radius 2 is 1.89 bits per heavy atom. The first-order valence-corrected chi connectivity index (χ1v) is 9.10. The van der Waals surface area contributed by atoms with Crippen LogP contribution in [0.1, 0.15) is 34.7 Å². The van der Waals surface area contributed by atoms with Gasteiger partial charge in [0.1, 0.15) is 5.69 Å². The van der Waals surface area contributed by atoms with E-state index in [9.17, 15) is 18.4 Å². The molecule has 9 heteroatoms. The summed E-state index contributed by atoms with van der Waals surface area (Å²) >= 11 is 1.07. The maximum atomic E-state index is 13.2. The van der Waals surface area contributed by atoms with E-state index in [0.717, 1.165) is 30.0 Å². The summed E-state index contributed by atoms with van der Waals surface area (Å²) in [4.78, 5) is 30.4. The largest absolute Gasteiger partial charge is 0.350 e. The molecular weight excluding hydrogens is 374 g/mol. The second kappa shape index (κ2) is 8.53. The summed E-state index contributed by atoms with van der Waals surface area (Å²) in [5.41, 5.74) is 0.0283. The number of amides is 2. The molecule has 0 bridgehead atoms. The van der Waals surface area contributed by atoms with Gasteiger partial charge in [-0.25, -0.2) is 13.8 Å². The summed E-state index contributed by atoms with van der Waals surface area (Å²) in [6.07, 6.45) is 0. The van der Waals surface area contributed by atoms with E-state index >= 15 is 0 Å². The molecule has 1 heterocycles. The number of carbonyl (C=O) groups is 2. The molecule has 146 valence electrons. The summed E-state index contributed by atoms with van der Waals surface area (Å²) in [7, 11) is 3.93. The number of hydrogen-bond donors (Lipinski definition) is 2. The zero-order chi connectivity index (χ0) is 20.2. The van der Waals surface area contributed by atoms with Crippen molar-refractivity contribution in [1.29, 1.82) is 0 Å². The van der Waals surface area contributed by atoms with Crippen molar-refractivity contribution in [3.63, 3.8) is 0 Å². The van der Waals surface area contributed by atoms with E-state index < -0.39 is 17.5 Å². The van der Waals surface area contributed by atoms with Crippen LogP contribution in [0.2, 0.25) is 0 Å². The van der Waals surface area contributed by atoms with Crippen LogP contribution in [-0.4, -0.2) is 48.9 Å². The van der Waals surface area contributed by atoms with Crippen LogP contribution in [0, 0.1) is 17.0 Å². The molecule has 0 saturated heterocycles. The van der Waals surface area contributed by atoms with E-state index in [2.05, 4.69) is 15.6 Å². The lowest BCUT2D eigenvalue weighted by molar-refractivity contribution is 0.0924. The van der Waals surface area contributed by atoms with Gasteiger partial charge in [-0.05, 0) is 37.7 Å². The van der Waals surface area contributed by atoms with Crippen LogP contribution in [0.3, 0.4) is 0 Å². The lowest BCUT2D eigenvalue weighted by atomic mass is 9.93. The number of hydrogen-bond acceptors (Lipinski definition) is 5. The highest BCUT2D eigenvalue weighted by Gasteiger charge is 2.21. The topological polar surface area (TPSA) is 74.3 Å². The van der Waals surface area contributed by atoms with Crippen LogP contribution in [0.25, 0.3) is 0 Å². The number of halogens is 2. The third kappa shape index (κ3) is 6.07. The molecule has 0 radical (unpaired) electrons. The molecule has 2 N–H and O–H groups in total. The molecule has 0 spiro atoms. The van der Waals surface area contributed by atoms with Crippen LogP contribution >= 0.6 is 11.3 Å². The van der Waals surface area contributed by atoms with Gasteiger partial charge < -0.3 is 10.2 Å². The van der Waals surface area contributed by atoms with Crippen molar-refractivity contribution in [1.82, 2.24) is 15.2 Å². The maximum absolute atomic E-state index is 13.2. The molecule has 27 heavy (non-hydrogen) atoms. The summed E-state index contributed by atoms with van der Waals surface area (Å²) in [5, 5.41) is 7.02. The lowest BCUT2D eigenvalue weighted by Crippen LogP contribution is -2.40. The second-order valence-corrected chi connectivity index (χ2v) is 8.06. The Balaban J connectivity index is 1.96. The molecule has 2 aromatic rings. The number of nitrogens with zero attached hydrogens (tertiary/aromatic N) is 2. The van der Waals surface area contributed by atoms with E-state index in [0.29, 0.717) is 6.54 Å². The van der Waals surface area contributed by atoms with Crippen LogP contribution < -0.4 is 10.6 Å². The average Bonchev–Trinajstić information content (AvgIpc) is 3.02. The van der Waals surface area contributed by atoms with E-state index in [1.807, 2.05) is 32.8 Å². The number of aromatic nitrogens is 1. The van der Waals surface area contributed by atoms with E-state index in [-0.39, 0.29) is 27.7 Å². The SMILES string of the molecule is CN(C)CC(C)(C)CNC(=O)c1csc(NC(=O)c2ccc(F)c(F)c2)n1. The van der Waals surface area contributed by atoms with E-state index in [4.69, 9.17) is 0 Å². The van der Waals surface area contributed by atoms with Gasteiger partial charge in [0.05, 0.1) is 0 Å². The van der Waals surface area contributed by atoms with Crippen LogP contribution in [-0.2, 0) is 0 Å². The zero-order valence-electron chi connectivity index (χ0n) is 15.6. The molecule has 0 aliphatic heterocycles. The first-order valence-electron chi connectivity index (χ1n) is 8.22. The summed E-state index contributed by atoms with van der Waals surface area (Å²) < 4.78 is 26.2. The Bertz CT molecular complexity index is 837. The Hall–Kier alpha value is -2.39. The fourth-order valence-electron chi connectivity index (χ4n) is 2.56. The van der Waals surface area contributed by atoms with Crippen LogP contribution in [0.4, 0.5) is 13.9 Å². The van der Waals surface area contributed by atoms with E-state index in [1.165, 1.54) is 11.4 Å². The molecule has 0 saturated carbocycles. The monoisotopic (exact) mass is 396 g/mol. The highest BCUT2D eigenvalue weighted by atomic mass is 32.1. The zero-order valence-corrected chi connectivity index (χ0v) is 16.4. The molecule has 2 amide bonds. The third-order valence-electron chi connectivity index (χ3n) is 3.61. The van der Waals surface area contributed by atoms with Gasteiger partial charge in [0.25, 0.3) is 11.8 Å². The minimum atomic E-state index is -1.11. The van der Waals surface area contributed by atoms with Crippen molar-refractivity contribution < 1.29 is 18.4 Å². The molecule has 1 aromatic carbocycles. The molecule has 2 rings (SSSR count). The van der Waals surface area contributed by atoms with Crippen molar-refractivity contribution in [2.45, 2.75) is 13.8 Å². The normalized spacial score (nSPS) is 11.5. The molecular formula is C18H22F2N4O2S. The van der Waals surface area contributed by atoms with Gasteiger partial charge in [0.2, 0.25) is 0 Å². The van der Waals surface area contributed by atoms with Crippen molar-refractivity contribution in [3.8, 4) is 0 Å². The Morgan fingerprint density at radius 3 is 2.52 bits per heavy atom. The second-order valence-electron chi connectivity index (χ2n) is 7.21. The lowest BCUT2D eigenvalue weighted by Gasteiger charge is -2.28. The Kier molecular flexibility index (Phi) is 6.61. The fraction of sp³-hybridized carbons (Fsp3) is 0.389. The quantitative estimate of drug-likeness (QED) is 0.755. The first-order chi connectivity index (χ1) is 12.6. The molecule has 0 unspecified atom stereocenters. The third-order valence-corrected chi connectivity index (χ3v) is 4.37. The molecule has 0 atom stereocenters. The van der Waals surface area contributed by atoms with Gasteiger partial charge in [0, 0.05) is 24.0 Å². The number of benzene rings is 1. The van der Waals surface area contributed by atoms with Gasteiger partial charge in [-0.2, -0.15) is 0 Å². The van der Waals surface area contributed by atoms with Gasteiger partial charge >= 0.3 is 0 Å². The highest BCUT2D eigenvalue weighted by Crippen LogP contribution is 2.18. The van der Waals surface area contributed by atoms with Crippen LogP contribution in [0.15, 0.2) is 23.6 Å². The van der Waals surface area contributed by atoms with Gasteiger partial charge in [-0.15, -0.1) is 11.3 Å². The van der Waals surface area contributed by atoms with Gasteiger partial charge in [0.15, 0.2) is 16.8 Å². The summed E-state index contributed by atoms with van der Waals surface area (Å²) in [5.74, 6) is -3.12.